The van der Waals surface area contributed by atoms with Crippen molar-refractivity contribution < 1.29 is 9.47 Å². The van der Waals surface area contributed by atoms with E-state index in [4.69, 9.17) is 15.2 Å². The van der Waals surface area contributed by atoms with Gasteiger partial charge in [0.2, 0.25) is 0 Å². The minimum Gasteiger partial charge on any atom is -0.493 e. The van der Waals surface area contributed by atoms with E-state index >= 15 is 0 Å². The molecule has 0 aromatic heterocycles. The largest absolute Gasteiger partial charge is 0.493 e. The molecule has 1 aromatic carbocycles. The Hall–Kier alpha value is -0.700. The number of ether oxygens (including phenoxy) is 2. The zero-order valence-electron chi connectivity index (χ0n) is 12.8. The molecule has 0 heterocycles. The summed E-state index contributed by atoms with van der Waals surface area (Å²) in [6, 6.07) is 3.75. The summed E-state index contributed by atoms with van der Waals surface area (Å²) in [6.07, 6.45) is 0. The number of methoxy groups -OCH3 is 2. The van der Waals surface area contributed by atoms with Gasteiger partial charge < -0.3 is 20.5 Å². The highest BCUT2D eigenvalue weighted by Gasteiger charge is 2.09. The number of nitrogens with zero attached hydrogens (tertiary/aromatic N) is 1. The number of rotatable bonds is 6. The van der Waals surface area contributed by atoms with Crippen LogP contribution in [0.2, 0.25) is 0 Å². The van der Waals surface area contributed by atoms with Crippen molar-refractivity contribution in [3.8, 4) is 11.5 Å². The Morgan fingerprint density at radius 1 is 1.29 bits per heavy atom. The van der Waals surface area contributed by atoms with Gasteiger partial charge in [-0.05, 0) is 23.6 Å². The van der Waals surface area contributed by atoms with E-state index in [1.807, 2.05) is 12.1 Å². The molecule has 1 aromatic rings. The van der Waals surface area contributed by atoms with Crippen molar-refractivity contribution in [1.29, 1.82) is 0 Å². The predicted molar refractivity (Wildman–Crippen MR) is 101 cm³/mol. The van der Waals surface area contributed by atoms with Gasteiger partial charge in [0.1, 0.15) is 0 Å². The number of hydrogen-bond acceptors (Lipinski definition) is 3. The van der Waals surface area contributed by atoms with Gasteiger partial charge in [-0.3, -0.25) is 0 Å². The fraction of sp³-hybridized carbons (Fsp3) is 0.500. The average molecular weight is 472 g/mol. The van der Waals surface area contributed by atoms with E-state index in [2.05, 4.69) is 40.1 Å². The lowest BCUT2D eigenvalue weighted by Gasteiger charge is -2.11. The van der Waals surface area contributed by atoms with E-state index in [0.29, 0.717) is 29.9 Å². The van der Waals surface area contributed by atoms with Crippen LogP contribution in [0.15, 0.2) is 21.6 Å². The van der Waals surface area contributed by atoms with Gasteiger partial charge in [0.15, 0.2) is 17.5 Å². The van der Waals surface area contributed by atoms with Gasteiger partial charge in [-0.15, -0.1) is 24.0 Å². The molecule has 0 radical (unpaired) electrons. The molecule has 0 bridgehead atoms. The van der Waals surface area contributed by atoms with Crippen LogP contribution in [0.3, 0.4) is 0 Å². The first-order chi connectivity index (χ1) is 9.47. The molecule has 0 amide bonds. The number of nitrogens with two attached hydrogens (primary N) is 1. The molecule has 7 heteroatoms. The molecule has 5 nitrogen and oxygen atoms in total. The number of guanidine groups is 1. The number of halogens is 2. The van der Waals surface area contributed by atoms with E-state index in [1.165, 1.54) is 0 Å². The molecular formula is C14H23BrIN3O2. The molecule has 0 spiro atoms. The number of nitrogens with one attached hydrogen (secondary N) is 1. The second kappa shape index (κ2) is 10.1. The first-order valence-corrected chi connectivity index (χ1v) is 7.21. The lowest BCUT2D eigenvalue weighted by Crippen LogP contribution is -2.34. The maximum atomic E-state index is 5.81. The van der Waals surface area contributed by atoms with Gasteiger partial charge in [-0.25, -0.2) is 4.99 Å². The molecular weight excluding hydrogens is 449 g/mol. The second-order valence-corrected chi connectivity index (χ2v) is 5.63. The lowest BCUT2D eigenvalue weighted by molar-refractivity contribution is 0.354. The van der Waals surface area contributed by atoms with Crippen LogP contribution in [0.4, 0.5) is 0 Å². The molecule has 0 atom stereocenters. The van der Waals surface area contributed by atoms with Gasteiger partial charge in [-0.2, -0.15) is 0 Å². The highest BCUT2D eigenvalue weighted by molar-refractivity contribution is 14.0. The summed E-state index contributed by atoms with van der Waals surface area (Å²) < 4.78 is 11.4. The predicted octanol–water partition coefficient (Wildman–Crippen LogP) is 3.14. The molecule has 0 saturated carbocycles. The monoisotopic (exact) mass is 471 g/mol. The van der Waals surface area contributed by atoms with Crippen LogP contribution in [0.25, 0.3) is 0 Å². The highest BCUT2D eigenvalue weighted by Crippen LogP contribution is 2.33. The summed E-state index contributed by atoms with van der Waals surface area (Å²) >= 11 is 3.50. The fourth-order valence-electron chi connectivity index (χ4n) is 1.55. The minimum atomic E-state index is 0. The summed E-state index contributed by atoms with van der Waals surface area (Å²) in [5, 5.41) is 3.08. The molecule has 0 aliphatic rings. The van der Waals surface area contributed by atoms with Crippen molar-refractivity contribution in [2.45, 2.75) is 20.4 Å². The van der Waals surface area contributed by atoms with Crippen LogP contribution in [-0.4, -0.2) is 26.7 Å². The smallest absolute Gasteiger partial charge is 0.188 e. The van der Waals surface area contributed by atoms with Gasteiger partial charge >= 0.3 is 0 Å². The van der Waals surface area contributed by atoms with E-state index in [0.717, 1.165) is 16.6 Å². The van der Waals surface area contributed by atoms with Crippen LogP contribution in [-0.2, 0) is 6.54 Å². The highest BCUT2D eigenvalue weighted by atomic mass is 127. The molecule has 21 heavy (non-hydrogen) atoms. The fourth-order valence-corrected chi connectivity index (χ4v) is 2.00. The zero-order valence-corrected chi connectivity index (χ0v) is 16.7. The minimum absolute atomic E-state index is 0. The summed E-state index contributed by atoms with van der Waals surface area (Å²) in [5.74, 6) is 2.32. The van der Waals surface area contributed by atoms with Gasteiger partial charge in [0.05, 0.1) is 20.8 Å². The summed E-state index contributed by atoms with van der Waals surface area (Å²) in [7, 11) is 3.22. The Labute approximate surface area is 151 Å². The van der Waals surface area contributed by atoms with Crippen LogP contribution >= 0.6 is 39.9 Å². The maximum Gasteiger partial charge on any atom is 0.188 e. The Kier molecular flexibility index (Phi) is 9.76. The molecule has 0 saturated heterocycles. The van der Waals surface area contributed by atoms with Crippen molar-refractivity contribution in [1.82, 2.24) is 5.32 Å². The Balaban J connectivity index is 0.00000400. The summed E-state index contributed by atoms with van der Waals surface area (Å²) in [5.41, 5.74) is 6.80. The van der Waals surface area contributed by atoms with E-state index in [1.54, 1.807) is 14.2 Å². The van der Waals surface area contributed by atoms with Crippen molar-refractivity contribution in [3.63, 3.8) is 0 Å². The average Bonchev–Trinajstić information content (AvgIpc) is 2.43. The van der Waals surface area contributed by atoms with Crippen molar-refractivity contribution in [2.24, 2.45) is 16.6 Å². The first-order valence-electron chi connectivity index (χ1n) is 6.42. The SMILES string of the molecule is COc1cc(Br)c(CN=C(N)NCC(C)C)cc1OC.I. The molecule has 0 aliphatic heterocycles. The standard InChI is InChI=1S/C14H22BrN3O2.HI/c1-9(2)7-17-14(16)18-8-10-5-12(19-3)13(20-4)6-11(10)15;/h5-6,9H,7-8H2,1-4H3,(H3,16,17,18);1H. The van der Waals surface area contributed by atoms with E-state index in [-0.39, 0.29) is 24.0 Å². The van der Waals surface area contributed by atoms with Gasteiger partial charge in [0, 0.05) is 11.0 Å². The van der Waals surface area contributed by atoms with Gasteiger partial charge in [-0.1, -0.05) is 29.8 Å². The topological polar surface area (TPSA) is 68.9 Å². The lowest BCUT2D eigenvalue weighted by atomic mass is 10.2. The third kappa shape index (κ3) is 6.73. The van der Waals surface area contributed by atoms with Crippen molar-refractivity contribution in [2.75, 3.05) is 20.8 Å². The maximum absolute atomic E-state index is 5.81. The third-order valence-corrected chi connectivity index (χ3v) is 3.40. The summed E-state index contributed by atoms with van der Waals surface area (Å²) in [4.78, 5) is 4.32. The third-order valence-electron chi connectivity index (χ3n) is 2.66. The quantitative estimate of drug-likeness (QED) is 0.380. The normalized spacial score (nSPS) is 11.0. The molecule has 0 fully saturated rings. The van der Waals surface area contributed by atoms with Gasteiger partial charge in [0.25, 0.3) is 0 Å². The van der Waals surface area contributed by atoms with Crippen LogP contribution < -0.4 is 20.5 Å². The van der Waals surface area contributed by atoms with E-state index < -0.39 is 0 Å². The van der Waals surface area contributed by atoms with Crippen molar-refractivity contribution >= 4 is 45.9 Å². The van der Waals surface area contributed by atoms with Crippen LogP contribution in [0.1, 0.15) is 19.4 Å². The second-order valence-electron chi connectivity index (χ2n) is 4.77. The van der Waals surface area contributed by atoms with Crippen LogP contribution in [0, 0.1) is 5.92 Å². The Morgan fingerprint density at radius 2 is 1.86 bits per heavy atom. The number of hydrogen-bond donors (Lipinski definition) is 2. The molecule has 120 valence electrons. The Morgan fingerprint density at radius 3 is 2.38 bits per heavy atom. The first kappa shape index (κ1) is 20.3. The molecule has 0 unspecified atom stereocenters. The molecule has 0 aliphatic carbocycles. The molecule has 1 rings (SSSR count). The number of aliphatic imine (C=N–C) groups is 1. The summed E-state index contributed by atoms with van der Waals surface area (Å²) in [6.45, 7) is 5.51. The van der Waals surface area contributed by atoms with E-state index in [9.17, 15) is 0 Å². The Bertz CT molecular complexity index is 482. The van der Waals surface area contributed by atoms with Crippen LogP contribution in [0.5, 0.6) is 11.5 Å². The zero-order chi connectivity index (χ0) is 15.1. The molecule has 3 N–H and O–H groups in total. The number of benzene rings is 1. The van der Waals surface area contributed by atoms with Crippen molar-refractivity contribution in [3.05, 3.63) is 22.2 Å².